The number of hydrogen-bond acceptors (Lipinski definition) is 4. The van der Waals surface area contributed by atoms with Crippen LogP contribution >= 0.6 is 11.3 Å². The largest absolute Gasteiger partial charge is 0.493 e. The summed E-state index contributed by atoms with van der Waals surface area (Å²) in [6.45, 7) is 3.10. The molecule has 124 valence electrons. The quantitative estimate of drug-likeness (QED) is 0.797. The third-order valence-electron chi connectivity index (χ3n) is 3.20. The van der Waals surface area contributed by atoms with Crippen molar-refractivity contribution in [2.24, 2.45) is 0 Å². The number of methoxy groups -OCH3 is 2. The van der Waals surface area contributed by atoms with Crippen molar-refractivity contribution in [2.75, 3.05) is 14.2 Å². The number of aliphatic carboxylic acids is 1. The molecule has 0 atom stereocenters. The second-order valence-electron chi connectivity index (χ2n) is 4.74. The first-order chi connectivity index (χ1) is 10.7. The van der Waals surface area contributed by atoms with Crippen LogP contribution < -0.4 is 9.47 Å². The Morgan fingerprint density at radius 3 is 2.52 bits per heavy atom. The molecule has 0 bridgehead atoms. The van der Waals surface area contributed by atoms with Gasteiger partial charge < -0.3 is 14.6 Å². The maximum Gasteiger partial charge on any atom is 0.331 e. The highest BCUT2D eigenvalue weighted by atomic mass is 32.1. The van der Waals surface area contributed by atoms with E-state index in [1.165, 1.54) is 20.3 Å². The number of ether oxygens (including phenoxy) is 2. The van der Waals surface area contributed by atoms with Gasteiger partial charge in [-0.05, 0) is 6.07 Å². The van der Waals surface area contributed by atoms with E-state index in [0.29, 0.717) is 11.3 Å². The van der Waals surface area contributed by atoms with Gasteiger partial charge in [0, 0.05) is 28.1 Å². The summed E-state index contributed by atoms with van der Waals surface area (Å²) in [5, 5.41) is 8.65. The normalized spacial score (nSPS) is 11.5. The van der Waals surface area contributed by atoms with Gasteiger partial charge in [0.15, 0.2) is 17.3 Å². The van der Waals surface area contributed by atoms with Crippen molar-refractivity contribution in [3.8, 4) is 11.5 Å². The van der Waals surface area contributed by atoms with Crippen molar-refractivity contribution in [3.05, 3.63) is 35.0 Å². The highest BCUT2D eigenvalue weighted by Gasteiger charge is 2.36. The van der Waals surface area contributed by atoms with Crippen molar-refractivity contribution >= 4 is 27.4 Å². The molecule has 0 spiro atoms. The summed E-state index contributed by atoms with van der Waals surface area (Å²) in [5.41, 5.74) is -0.622. The van der Waals surface area contributed by atoms with Crippen molar-refractivity contribution in [1.82, 2.24) is 0 Å². The van der Waals surface area contributed by atoms with Crippen LogP contribution in [0, 0.1) is 5.82 Å². The molecule has 0 fully saturated rings. The number of carbonyl (C=O) groups is 1. The number of fused-ring (bicyclic) bond motifs is 1. The van der Waals surface area contributed by atoms with Crippen LogP contribution in [-0.2, 0) is 10.7 Å². The van der Waals surface area contributed by atoms with E-state index in [-0.39, 0.29) is 21.6 Å². The fourth-order valence-corrected chi connectivity index (χ4v) is 3.11. The van der Waals surface area contributed by atoms with Crippen molar-refractivity contribution in [2.45, 2.75) is 12.3 Å². The maximum atomic E-state index is 14.4. The van der Waals surface area contributed by atoms with Gasteiger partial charge in [-0.25, -0.2) is 18.0 Å². The zero-order valence-electron chi connectivity index (χ0n) is 12.3. The first-order valence-corrected chi connectivity index (χ1v) is 7.16. The van der Waals surface area contributed by atoms with Gasteiger partial charge in [0.1, 0.15) is 0 Å². The minimum absolute atomic E-state index is 0.0386. The minimum atomic E-state index is -3.47. The topological polar surface area (TPSA) is 55.8 Å². The number of carboxylic acid groups (broad SMARTS) is 1. The van der Waals surface area contributed by atoms with Crippen LogP contribution in [0.1, 0.15) is 11.3 Å². The van der Waals surface area contributed by atoms with Gasteiger partial charge in [0.2, 0.25) is 0 Å². The first kappa shape index (κ1) is 17.1. The SMILES string of the molecule is C=C(CC(F)(F)c1cc2c(F)c(OC)c(OC)cc2s1)C(=O)O. The zero-order chi connectivity index (χ0) is 17.4. The smallest absolute Gasteiger partial charge is 0.331 e. The Morgan fingerprint density at radius 2 is 2.00 bits per heavy atom. The highest BCUT2D eigenvalue weighted by molar-refractivity contribution is 7.19. The summed E-state index contributed by atoms with van der Waals surface area (Å²) in [4.78, 5) is 10.2. The highest BCUT2D eigenvalue weighted by Crippen LogP contribution is 2.45. The van der Waals surface area contributed by atoms with Gasteiger partial charge >= 0.3 is 5.97 Å². The third-order valence-corrected chi connectivity index (χ3v) is 4.40. The summed E-state index contributed by atoms with van der Waals surface area (Å²) >= 11 is 0.661. The van der Waals surface area contributed by atoms with Crippen LogP contribution in [0.4, 0.5) is 13.2 Å². The number of benzene rings is 1. The molecule has 1 heterocycles. The number of rotatable bonds is 6. The van der Waals surface area contributed by atoms with Crippen molar-refractivity contribution < 1.29 is 32.5 Å². The van der Waals surface area contributed by atoms with E-state index in [0.717, 1.165) is 6.07 Å². The molecule has 2 aromatic rings. The molecule has 0 aliphatic carbocycles. The van der Waals surface area contributed by atoms with Crippen LogP contribution in [-0.4, -0.2) is 25.3 Å². The molecule has 23 heavy (non-hydrogen) atoms. The molecular formula is C15H13F3O4S. The third kappa shape index (κ3) is 3.12. The van der Waals surface area contributed by atoms with E-state index in [4.69, 9.17) is 14.6 Å². The lowest BCUT2D eigenvalue weighted by Crippen LogP contribution is -2.15. The van der Waals surface area contributed by atoms with Crippen molar-refractivity contribution in [1.29, 1.82) is 0 Å². The standard InChI is InChI=1S/C15H13F3O4S/c1-7(14(19)20)6-15(17,18)11-4-8-10(23-11)5-9(21-2)13(22-3)12(8)16/h4-5H,1,6H2,2-3H3,(H,19,20). The van der Waals surface area contributed by atoms with Gasteiger partial charge in [-0.15, -0.1) is 11.3 Å². The zero-order valence-corrected chi connectivity index (χ0v) is 13.1. The van der Waals surface area contributed by atoms with E-state index >= 15 is 0 Å². The second kappa shape index (κ2) is 6.11. The second-order valence-corrected chi connectivity index (χ2v) is 5.82. The predicted octanol–water partition coefficient (Wildman–Crippen LogP) is 4.18. The monoisotopic (exact) mass is 346 g/mol. The molecule has 0 saturated carbocycles. The molecule has 4 nitrogen and oxygen atoms in total. The average molecular weight is 346 g/mol. The Bertz CT molecular complexity index is 783. The number of carboxylic acids is 1. The maximum absolute atomic E-state index is 14.4. The molecule has 0 unspecified atom stereocenters. The van der Waals surface area contributed by atoms with Crippen LogP contribution in [0.25, 0.3) is 10.1 Å². The lowest BCUT2D eigenvalue weighted by molar-refractivity contribution is -0.133. The molecule has 8 heteroatoms. The van der Waals surface area contributed by atoms with E-state index < -0.39 is 34.6 Å². The molecule has 0 amide bonds. The first-order valence-electron chi connectivity index (χ1n) is 6.34. The van der Waals surface area contributed by atoms with Crippen LogP contribution in [0.5, 0.6) is 11.5 Å². The molecule has 0 radical (unpaired) electrons. The van der Waals surface area contributed by atoms with E-state index in [2.05, 4.69) is 6.58 Å². The van der Waals surface area contributed by atoms with Crippen LogP contribution in [0.2, 0.25) is 0 Å². The summed E-state index contributed by atoms with van der Waals surface area (Å²) in [6.07, 6.45) is -1.05. The molecular weight excluding hydrogens is 333 g/mol. The lowest BCUT2D eigenvalue weighted by atomic mass is 10.1. The molecule has 1 aromatic heterocycles. The Labute approximate surface area is 133 Å². The Balaban J connectivity index is 2.53. The van der Waals surface area contributed by atoms with Gasteiger partial charge in [-0.2, -0.15) is 0 Å². The summed E-state index contributed by atoms with van der Waals surface area (Å²) in [7, 11) is 2.55. The van der Waals surface area contributed by atoms with E-state index in [1.807, 2.05) is 0 Å². The van der Waals surface area contributed by atoms with Gasteiger partial charge in [-0.1, -0.05) is 6.58 Å². The number of thiophene rings is 1. The van der Waals surface area contributed by atoms with E-state index in [9.17, 15) is 18.0 Å². The summed E-state index contributed by atoms with van der Waals surface area (Å²) < 4.78 is 52.9. The fourth-order valence-electron chi connectivity index (χ4n) is 2.05. The Morgan fingerprint density at radius 1 is 1.35 bits per heavy atom. The Kier molecular flexibility index (Phi) is 4.56. The molecule has 0 aliphatic rings. The number of hydrogen-bond donors (Lipinski definition) is 1. The molecule has 0 saturated heterocycles. The lowest BCUT2D eigenvalue weighted by Gasteiger charge is -2.13. The fraction of sp³-hybridized carbons (Fsp3) is 0.267. The predicted molar refractivity (Wildman–Crippen MR) is 80.2 cm³/mol. The minimum Gasteiger partial charge on any atom is -0.493 e. The summed E-state index contributed by atoms with van der Waals surface area (Å²) in [5.74, 6) is -5.87. The van der Waals surface area contributed by atoms with E-state index in [1.54, 1.807) is 0 Å². The average Bonchev–Trinajstić information content (AvgIpc) is 2.91. The number of alkyl halides is 2. The molecule has 1 aromatic carbocycles. The van der Waals surface area contributed by atoms with Gasteiger partial charge in [0.25, 0.3) is 5.92 Å². The molecule has 2 rings (SSSR count). The van der Waals surface area contributed by atoms with Crippen LogP contribution in [0.15, 0.2) is 24.3 Å². The van der Waals surface area contributed by atoms with Crippen LogP contribution in [0.3, 0.4) is 0 Å². The number of halogens is 3. The van der Waals surface area contributed by atoms with Gasteiger partial charge in [-0.3, -0.25) is 0 Å². The molecule has 1 N–H and O–H groups in total. The van der Waals surface area contributed by atoms with Crippen molar-refractivity contribution in [3.63, 3.8) is 0 Å². The summed E-state index contributed by atoms with van der Waals surface area (Å²) in [6, 6.07) is 2.39. The Hall–Kier alpha value is -2.22. The molecule has 0 aliphatic heterocycles. The van der Waals surface area contributed by atoms with Gasteiger partial charge in [0.05, 0.1) is 19.1 Å².